The molecule has 2 aromatic carbocycles. The van der Waals surface area contributed by atoms with Crippen LogP contribution in [0.15, 0.2) is 78.6 Å². The maximum absolute atomic E-state index is 13.3. The first kappa shape index (κ1) is 24.0. The monoisotopic (exact) mass is 472 g/mol. The number of ether oxygens (including phenoxy) is 2. The lowest BCUT2D eigenvalue weighted by Crippen LogP contribution is -2.29. The molecule has 180 valence electrons. The van der Waals surface area contributed by atoms with E-state index in [1.807, 2.05) is 26.0 Å². The van der Waals surface area contributed by atoms with E-state index in [2.05, 4.69) is 4.98 Å². The number of Topliss-reactive ketones (excluding diaryl/α,β-unsaturated/α-hetero) is 1. The summed E-state index contributed by atoms with van der Waals surface area (Å²) in [4.78, 5) is 31.9. The van der Waals surface area contributed by atoms with Gasteiger partial charge in [-0.2, -0.15) is 0 Å². The van der Waals surface area contributed by atoms with E-state index in [0.717, 1.165) is 12.0 Å². The standard InChI is InChI=1S/C28H28N2O5/c1-3-16-35-23-7-5-6-21(17-23)26(31)24-25(20-8-10-22(11-9-20)34-4-2)30(28(33)27(24)32)18-19-12-14-29-15-13-19/h5-15,17,25,31H,3-4,16,18H2,1-2H3. The zero-order chi connectivity index (χ0) is 24.8. The summed E-state index contributed by atoms with van der Waals surface area (Å²) in [6.45, 7) is 5.16. The van der Waals surface area contributed by atoms with Crippen LogP contribution in [0, 0.1) is 0 Å². The number of aliphatic hydroxyl groups excluding tert-OH is 1. The van der Waals surface area contributed by atoms with Crippen LogP contribution < -0.4 is 9.47 Å². The summed E-state index contributed by atoms with van der Waals surface area (Å²) < 4.78 is 11.2. The summed E-state index contributed by atoms with van der Waals surface area (Å²) >= 11 is 0. The summed E-state index contributed by atoms with van der Waals surface area (Å²) in [7, 11) is 0. The van der Waals surface area contributed by atoms with E-state index in [1.165, 1.54) is 4.90 Å². The highest BCUT2D eigenvalue weighted by Crippen LogP contribution is 2.41. The van der Waals surface area contributed by atoms with Crippen LogP contribution in [0.5, 0.6) is 11.5 Å². The van der Waals surface area contributed by atoms with E-state index in [-0.39, 0.29) is 17.9 Å². The Morgan fingerprint density at radius 2 is 1.71 bits per heavy atom. The Morgan fingerprint density at radius 1 is 0.971 bits per heavy atom. The van der Waals surface area contributed by atoms with Crippen molar-refractivity contribution in [1.82, 2.24) is 9.88 Å². The lowest BCUT2D eigenvalue weighted by molar-refractivity contribution is -0.140. The van der Waals surface area contributed by atoms with Gasteiger partial charge in [0.25, 0.3) is 11.7 Å². The molecule has 1 atom stereocenters. The maximum Gasteiger partial charge on any atom is 0.295 e. The maximum atomic E-state index is 13.3. The van der Waals surface area contributed by atoms with Crippen molar-refractivity contribution in [1.29, 1.82) is 0 Å². The number of hydrogen-bond donors (Lipinski definition) is 1. The smallest absolute Gasteiger partial charge is 0.295 e. The van der Waals surface area contributed by atoms with Gasteiger partial charge >= 0.3 is 0 Å². The summed E-state index contributed by atoms with van der Waals surface area (Å²) in [5, 5.41) is 11.3. The van der Waals surface area contributed by atoms with Crippen LogP contribution in [-0.2, 0) is 16.1 Å². The highest BCUT2D eigenvalue weighted by Gasteiger charge is 2.46. The molecule has 1 amide bonds. The molecule has 35 heavy (non-hydrogen) atoms. The topological polar surface area (TPSA) is 89.0 Å². The number of carbonyl (C=O) groups is 2. The first-order chi connectivity index (χ1) is 17.0. The second-order valence-corrected chi connectivity index (χ2v) is 8.16. The number of hydrogen-bond acceptors (Lipinski definition) is 6. The lowest BCUT2D eigenvalue weighted by Gasteiger charge is -2.25. The second kappa shape index (κ2) is 10.9. The number of aromatic nitrogens is 1. The molecule has 1 aliphatic rings. The molecule has 7 nitrogen and oxygen atoms in total. The van der Waals surface area contributed by atoms with Gasteiger partial charge in [-0.1, -0.05) is 31.2 Å². The second-order valence-electron chi connectivity index (χ2n) is 8.16. The number of benzene rings is 2. The van der Waals surface area contributed by atoms with Crippen LogP contribution in [-0.4, -0.2) is 39.9 Å². The fourth-order valence-corrected chi connectivity index (χ4v) is 4.10. The molecule has 0 radical (unpaired) electrons. The van der Waals surface area contributed by atoms with Crippen molar-refractivity contribution in [2.45, 2.75) is 32.9 Å². The molecule has 1 N–H and O–H groups in total. The van der Waals surface area contributed by atoms with Crippen molar-refractivity contribution in [3.63, 3.8) is 0 Å². The molecule has 1 aliphatic heterocycles. The Hall–Kier alpha value is -4.13. The molecular formula is C28H28N2O5. The molecule has 4 rings (SSSR count). The molecule has 0 aliphatic carbocycles. The van der Waals surface area contributed by atoms with Crippen LogP contribution in [0.4, 0.5) is 0 Å². The highest BCUT2D eigenvalue weighted by atomic mass is 16.5. The molecule has 3 aromatic rings. The van der Waals surface area contributed by atoms with Gasteiger partial charge in [-0.25, -0.2) is 0 Å². The third-order valence-corrected chi connectivity index (χ3v) is 5.73. The Bertz CT molecular complexity index is 1220. The molecule has 2 heterocycles. The number of amides is 1. The molecule has 7 heteroatoms. The van der Waals surface area contributed by atoms with Crippen LogP contribution >= 0.6 is 0 Å². The molecule has 0 saturated carbocycles. The summed E-state index contributed by atoms with van der Waals surface area (Å²) in [6, 6.07) is 17.0. The zero-order valence-electron chi connectivity index (χ0n) is 19.8. The largest absolute Gasteiger partial charge is 0.507 e. The van der Waals surface area contributed by atoms with E-state index in [0.29, 0.717) is 35.8 Å². The number of carbonyl (C=O) groups excluding carboxylic acids is 2. The molecule has 0 spiro atoms. The Balaban J connectivity index is 1.80. The zero-order valence-corrected chi connectivity index (χ0v) is 19.8. The summed E-state index contributed by atoms with van der Waals surface area (Å²) in [5.74, 6) is -0.361. The Kier molecular flexibility index (Phi) is 7.45. The normalized spacial score (nSPS) is 17.0. The molecule has 1 fully saturated rings. The van der Waals surface area contributed by atoms with Crippen molar-refractivity contribution in [2.75, 3.05) is 13.2 Å². The molecule has 0 bridgehead atoms. The highest BCUT2D eigenvalue weighted by molar-refractivity contribution is 6.46. The van der Waals surface area contributed by atoms with Gasteiger partial charge in [-0.3, -0.25) is 14.6 Å². The number of nitrogens with zero attached hydrogens (tertiary/aromatic N) is 2. The van der Waals surface area contributed by atoms with E-state index >= 15 is 0 Å². The van der Waals surface area contributed by atoms with Crippen molar-refractivity contribution < 1.29 is 24.2 Å². The van der Waals surface area contributed by atoms with Gasteiger partial charge in [0.05, 0.1) is 24.8 Å². The average molecular weight is 473 g/mol. The quantitative estimate of drug-likeness (QED) is 0.271. The number of likely N-dealkylation sites (tertiary alicyclic amines) is 1. The minimum absolute atomic E-state index is 0.0425. The molecule has 1 aromatic heterocycles. The fourth-order valence-electron chi connectivity index (χ4n) is 4.10. The predicted octanol–water partition coefficient (Wildman–Crippen LogP) is 4.89. The van der Waals surface area contributed by atoms with Crippen molar-refractivity contribution in [3.05, 3.63) is 95.3 Å². The predicted molar refractivity (Wildman–Crippen MR) is 132 cm³/mol. The molecule has 1 saturated heterocycles. The van der Waals surface area contributed by atoms with Gasteiger partial charge in [0.15, 0.2) is 0 Å². The van der Waals surface area contributed by atoms with Gasteiger partial charge in [-0.05, 0) is 60.9 Å². The number of rotatable bonds is 9. The van der Waals surface area contributed by atoms with E-state index < -0.39 is 17.7 Å². The average Bonchev–Trinajstić information content (AvgIpc) is 3.13. The van der Waals surface area contributed by atoms with E-state index in [4.69, 9.17) is 9.47 Å². The minimum atomic E-state index is -0.765. The van der Waals surface area contributed by atoms with Gasteiger partial charge < -0.3 is 19.5 Å². The van der Waals surface area contributed by atoms with Crippen LogP contribution in [0.3, 0.4) is 0 Å². The Morgan fingerprint density at radius 3 is 2.40 bits per heavy atom. The van der Waals surface area contributed by atoms with Crippen molar-refractivity contribution in [3.8, 4) is 11.5 Å². The first-order valence-electron chi connectivity index (χ1n) is 11.7. The number of pyridine rings is 1. The minimum Gasteiger partial charge on any atom is -0.507 e. The molecular weight excluding hydrogens is 444 g/mol. The van der Waals surface area contributed by atoms with Crippen LogP contribution in [0.25, 0.3) is 5.76 Å². The van der Waals surface area contributed by atoms with Gasteiger partial charge in [0.1, 0.15) is 17.3 Å². The Labute approximate surface area is 204 Å². The van der Waals surface area contributed by atoms with E-state index in [9.17, 15) is 14.7 Å². The summed E-state index contributed by atoms with van der Waals surface area (Å²) in [5.41, 5.74) is 1.98. The van der Waals surface area contributed by atoms with Crippen molar-refractivity contribution in [2.24, 2.45) is 0 Å². The fraction of sp³-hybridized carbons (Fsp3) is 0.250. The van der Waals surface area contributed by atoms with Crippen LogP contribution in [0.2, 0.25) is 0 Å². The van der Waals surface area contributed by atoms with Gasteiger partial charge in [0, 0.05) is 24.5 Å². The van der Waals surface area contributed by atoms with Gasteiger partial charge in [-0.15, -0.1) is 0 Å². The third kappa shape index (κ3) is 5.19. The SMILES string of the molecule is CCCOc1cccc(C(O)=C2C(=O)C(=O)N(Cc3ccncc3)C2c2ccc(OCC)cc2)c1. The summed E-state index contributed by atoms with van der Waals surface area (Å²) in [6.07, 6.45) is 4.12. The number of ketones is 1. The first-order valence-corrected chi connectivity index (χ1v) is 11.7. The van der Waals surface area contributed by atoms with Gasteiger partial charge in [0.2, 0.25) is 0 Å². The van der Waals surface area contributed by atoms with Crippen molar-refractivity contribution >= 4 is 17.4 Å². The molecule has 1 unspecified atom stereocenters. The number of aliphatic hydroxyl groups is 1. The van der Waals surface area contributed by atoms with E-state index in [1.54, 1.807) is 60.9 Å². The third-order valence-electron chi connectivity index (χ3n) is 5.73. The van der Waals surface area contributed by atoms with Crippen LogP contribution in [0.1, 0.15) is 43.0 Å². The lowest BCUT2D eigenvalue weighted by atomic mass is 9.95.